The van der Waals surface area contributed by atoms with E-state index in [1.54, 1.807) is 0 Å². The minimum Gasteiger partial charge on any atom is -0.337 e. The van der Waals surface area contributed by atoms with Crippen LogP contribution in [-0.4, -0.2) is 33.1 Å². The Hall–Kier alpha value is -3.18. The van der Waals surface area contributed by atoms with Crippen LogP contribution in [0, 0.1) is 0 Å². The first-order chi connectivity index (χ1) is 15.3. The van der Waals surface area contributed by atoms with Crippen LogP contribution >= 0.6 is 11.8 Å². The number of benzene rings is 3. The quantitative estimate of drug-likeness (QED) is 0.337. The molecule has 0 saturated heterocycles. The van der Waals surface area contributed by atoms with Crippen LogP contribution in [0.1, 0.15) is 22.5 Å². The zero-order chi connectivity index (χ0) is 21.0. The second kappa shape index (κ2) is 8.90. The highest BCUT2D eigenvalue weighted by Gasteiger charge is 2.21. The van der Waals surface area contributed by atoms with Gasteiger partial charge in [-0.3, -0.25) is 4.79 Å². The van der Waals surface area contributed by atoms with Crippen molar-refractivity contribution in [3.8, 4) is 0 Å². The van der Waals surface area contributed by atoms with Gasteiger partial charge in [-0.1, -0.05) is 84.6 Å². The zero-order valence-corrected chi connectivity index (χ0v) is 18.0. The van der Waals surface area contributed by atoms with Crippen LogP contribution in [0.4, 0.5) is 0 Å². The number of hydrogen-bond donors (Lipinski definition) is 0. The van der Waals surface area contributed by atoms with Gasteiger partial charge in [0.25, 0.3) is 0 Å². The number of nitrogens with zero attached hydrogens (tertiary/aromatic N) is 3. The molecule has 0 spiro atoms. The number of hydrogen-bond acceptors (Lipinski definition) is 4. The molecule has 2 heterocycles. The molecule has 0 atom stereocenters. The molecule has 1 aromatic heterocycles. The van der Waals surface area contributed by atoms with Crippen LogP contribution in [0.15, 0.2) is 83.9 Å². The van der Waals surface area contributed by atoms with E-state index in [2.05, 4.69) is 30.3 Å². The van der Waals surface area contributed by atoms with Gasteiger partial charge < -0.3 is 4.90 Å². The van der Waals surface area contributed by atoms with Crippen LogP contribution in [0.5, 0.6) is 0 Å². The van der Waals surface area contributed by atoms with Gasteiger partial charge in [-0.05, 0) is 29.2 Å². The number of carbonyl (C=O) groups excluding carboxylic acids is 1. The third-order valence-electron chi connectivity index (χ3n) is 5.64. The molecule has 1 amide bonds. The summed E-state index contributed by atoms with van der Waals surface area (Å²) >= 11 is 1.52. The molecule has 0 radical (unpaired) electrons. The van der Waals surface area contributed by atoms with E-state index in [0.29, 0.717) is 18.7 Å². The highest BCUT2D eigenvalue weighted by molar-refractivity contribution is 8.00. The van der Waals surface area contributed by atoms with Crippen molar-refractivity contribution in [2.75, 3.05) is 12.3 Å². The normalized spacial score (nSPS) is 13.2. The standard InChI is InChI=1S/C26H23N3OS/c30-25(29-15-14-20-10-4-5-11-21(20)17-29)18-31-26-22-12-6-7-13-23(22)27-24(28-26)16-19-8-2-1-3-9-19/h1-13H,14-18H2. The lowest BCUT2D eigenvalue weighted by Crippen LogP contribution is -2.37. The maximum absolute atomic E-state index is 13.0. The van der Waals surface area contributed by atoms with E-state index in [9.17, 15) is 4.79 Å². The van der Waals surface area contributed by atoms with E-state index in [1.807, 2.05) is 53.4 Å². The number of amides is 1. The summed E-state index contributed by atoms with van der Waals surface area (Å²) in [5.41, 5.74) is 4.71. The number of carbonyl (C=O) groups is 1. The summed E-state index contributed by atoms with van der Waals surface area (Å²) in [4.78, 5) is 24.5. The predicted molar refractivity (Wildman–Crippen MR) is 125 cm³/mol. The number of rotatable bonds is 5. The molecule has 154 valence electrons. The third kappa shape index (κ3) is 4.47. The average molecular weight is 426 g/mol. The monoisotopic (exact) mass is 425 g/mol. The largest absolute Gasteiger partial charge is 0.337 e. The lowest BCUT2D eigenvalue weighted by Gasteiger charge is -2.28. The Balaban J connectivity index is 1.34. The molecule has 0 aliphatic carbocycles. The molecular weight excluding hydrogens is 402 g/mol. The molecule has 4 nitrogen and oxygen atoms in total. The van der Waals surface area contributed by atoms with Gasteiger partial charge in [-0.2, -0.15) is 0 Å². The Morgan fingerprint density at radius 1 is 0.871 bits per heavy atom. The third-order valence-corrected chi connectivity index (χ3v) is 6.61. The van der Waals surface area contributed by atoms with Gasteiger partial charge in [-0.25, -0.2) is 9.97 Å². The second-order valence-electron chi connectivity index (χ2n) is 7.75. The average Bonchev–Trinajstić information content (AvgIpc) is 2.82. The molecule has 0 bridgehead atoms. The van der Waals surface area contributed by atoms with Crippen LogP contribution in [0.25, 0.3) is 10.9 Å². The molecule has 0 fully saturated rings. The second-order valence-corrected chi connectivity index (χ2v) is 8.71. The molecule has 1 aliphatic heterocycles. The molecule has 3 aromatic carbocycles. The van der Waals surface area contributed by atoms with Crippen molar-refractivity contribution in [3.05, 3.63) is 101 Å². The van der Waals surface area contributed by atoms with Crippen molar-refractivity contribution in [2.24, 2.45) is 0 Å². The Morgan fingerprint density at radius 3 is 2.48 bits per heavy atom. The molecule has 31 heavy (non-hydrogen) atoms. The van der Waals surface area contributed by atoms with Gasteiger partial charge in [0.15, 0.2) is 0 Å². The molecule has 5 rings (SSSR count). The van der Waals surface area contributed by atoms with Crippen LogP contribution in [0.2, 0.25) is 0 Å². The van der Waals surface area contributed by atoms with Gasteiger partial charge >= 0.3 is 0 Å². The first-order valence-corrected chi connectivity index (χ1v) is 11.5. The molecule has 0 N–H and O–H groups in total. The van der Waals surface area contributed by atoms with E-state index >= 15 is 0 Å². The summed E-state index contributed by atoms with van der Waals surface area (Å²) < 4.78 is 0. The van der Waals surface area contributed by atoms with E-state index < -0.39 is 0 Å². The fourth-order valence-electron chi connectivity index (χ4n) is 3.99. The molecule has 0 unspecified atom stereocenters. The number of aromatic nitrogens is 2. The smallest absolute Gasteiger partial charge is 0.233 e. The summed E-state index contributed by atoms with van der Waals surface area (Å²) in [5.74, 6) is 1.33. The summed E-state index contributed by atoms with van der Waals surface area (Å²) in [7, 11) is 0. The Labute approximate surface area is 186 Å². The minimum atomic E-state index is 0.159. The first kappa shape index (κ1) is 19.8. The fraction of sp³-hybridized carbons (Fsp3) is 0.192. The van der Waals surface area contributed by atoms with Crippen molar-refractivity contribution in [2.45, 2.75) is 24.4 Å². The van der Waals surface area contributed by atoms with E-state index in [4.69, 9.17) is 9.97 Å². The SMILES string of the molecule is O=C(CSc1nc(Cc2ccccc2)nc2ccccc12)N1CCc2ccccc2C1. The lowest BCUT2D eigenvalue weighted by molar-refractivity contribution is -0.129. The van der Waals surface area contributed by atoms with Crippen molar-refractivity contribution in [1.82, 2.24) is 14.9 Å². The number of thioether (sulfide) groups is 1. The zero-order valence-electron chi connectivity index (χ0n) is 17.2. The highest BCUT2D eigenvalue weighted by Crippen LogP contribution is 2.27. The van der Waals surface area contributed by atoms with Crippen LogP contribution < -0.4 is 0 Å². The maximum atomic E-state index is 13.0. The topological polar surface area (TPSA) is 46.1 Å². The summed E-state index contributed by atoms with van der Waals surface area (Å²) in [6.07, 6.45) is 1.60. The van der Waals surface area contributed by atoms with Crippen molar-refractivity contribution >= 4 is 28.6 Å². The minimum absolute atomic E-state index is 0.159. The van der Waals surface area contributed by atoms with E-state index in [1.165, 1.54) is 28.5 Å². The fourth-order valence-corrected chi connectivity index (χ4v) is 4.93. The molecule has 1 aliphatic rings. The van der Waals surface area contributed by atoms with Crippen molar-refractivity contribution in [1.29, 1.82) is 0 Å². The predicted octanol–water partition coefficient (Wildman–Crippen LogP) is 4.90. The van der Waals surface area contributed by atoms with Crippen molar-refractivity contribution in [3.63, 3.8) is 0 Å². The molecule has 0 saturated carbocycles. The summed E-state index contributed by atoms with van der Waals surface area (Å²) in [6.45, 7) is 1.47. The molecule has 4 aromatic rings. The number of fused-ring (bicyclic) bond motifs is 2. The van der Waals surface area contributed by atoms with E-state index in [-0.39, 0.29) is 5.91 Å². The lowest BCUT2D eigenvalue weighted by atomic mass is 10.00. The van der Waals surface area contributed by atoms with Crippen molar-refractivity contribution < 1.29 is 4.79 Å². The Morgan fingerprint density at radius 2 is 1.61 bits per heavy atom. The number of para-hydroxylation sites is 1. The van der Waals surface area contributed by atoms with E-state index in [0.717, 1.165) is 34.7 Å². The van der Waals surface area contributed by atoms with Crippen LogP contribution in [-0.2, 0) is 24.2 Å². The summed E-state index contributed by atoms with van der Waals surface area (Å²) in [5, 5.41) is 1.88. The Kier molecular flexibility index (Phi) is 5.67. The van der Waals surface area contributed by atoms with Gasteiger partial charge in [0, 0.05) is 24.9 Å². The van der Waals surface area contributed by atoms with Gasteiger partial charge in [0.2, 0.25) is 5.91 Å². The molecular formula is C26H23N3OS. The summed E-state index contributed by atoms with van der Waals surface area (Å²) in [6, 6.07) is 26.7. The molecule has 5 heteroatoms. The highest BCUT2D eigenvalue weighted by atomic mass is 32.2. The van der Waals surface area contributed by atoms with Gasteiger partial charge in [0.05, 0.1) is 11.3 Å². The van der Waals surface area contributed by atoms with Gasteiger partial charge in [-0.15, -0.1) is 0 Å². The Bertz CT molecular complexity index is 1230. The van der Waals surface area contributed by atoms with Crippen LogP contribution in [0.3, 0.4) is 0 Å². The maximum Gasteiger partial charge on any atom is 0.233 e. The first-order valence-electron chi connectivity index (χ1n) is 10.5. The van der Waals surface area contributed by atoms with Gasteiger partial charge in [0.1, 0.15) is 10.9 Å².